The lowest BCUT2D eigenvalue weighted by Gasteiger charge is -2.28. The molecule has 0 rings (SSSR count). The molecular weight excluding hydrogens is 846 g/mol. The quantitative estimate of drug-likeness (QED) is 0.0195. The summed E-state index contributed by atoms with van der Waals surface area (Å²) in [6.07, 6.45) is 62.9. The van der Waals surface area contributed by atoms with Crippen molar-refractivity contribution in [2.45, 2.75) is 200 Å². The summed E-state index contributed by atoms with van der Waals surface area (Å²) in [6, 6.07) is 0. The third-order valence-corrected chi connectivity index (χ3v) is 11.6. The van der Waals surface area contributed by atoms with Crippen LogP contribution in [-0.2, 0) is 32.7 Å². The number of nitrogens with zero attached hydrogens (tertiary/aromatic N) is 1. The van der Waals surface area contributed by atoms with E-state index < -0.39 is 32.5 Å². The largest absolute Gasteiger partial charge is 0.756 e. The molecule has 0 radical (unpaired) electrons. The molecule has 2 atom stereocenters. The summed E-state index contributed by atoms with van der Waals surface area (Å²) >= 11 is 0. The van der Waals surface area contributed by atoms with Crippen molar-refractivity contribution in [1.29, 1.82) is 0 Å². The van der Waals surface area contributed by atoms with Crippen molar-refractivity contribution in [2.75, 3.05) is 47.5 Å². The smallest absolute Gasteiger partial charge is 0.306 e. The van der Waals surface area contributed by atoms with Crippen molar-refractivity contribution in [3.8, 4) is 0 Å². The molecule has 0 amide bonds. The molecule has 0 aromatic rings. The predicted octanol–water partition coefficient (Wildman–Crippen LogP) is 15.1. The second-order valence-corrected chi connectivity index (χ2v) is 19.6. The molecule has 0 fully saturated rings. The summed E-state index contributed by atoms with van der Waals surface area (Å²) in [4.78, 5) is 37.8. The van der Waals surface area contributed by atoms with E-state index in [2.05, 4.69) is 111 Å². The molecule has 0 N–H and O–H groups in total. The van der Waals surface area contributed by atoms with Crippen LogP contribution in [0.1, 0.15) is 194 Å². The van der Waals surface area contributed by atoms with Crippen molar-refractivity contribution in [2.24, 2.45) is 0 Å². The maximum Gasteiger partial charge on any atom is 0.306 e. The number of phosphoric acid groups is 1. The van der Waals surface area contributed by atoms with Crippen molar-refractivity contribution in [3.63, 3.8) is 0 Å². The topological polar surface area (TPSA) is 111 Å². The van der Waals surface area contributed by atoms with E-state index in [-0.39, 0.29) is 26.1 Å². The van der Waals surface area contributed by atoms with E-state index in [0.717, 1.165) is 109 Å². The van der Waals surface area contributed by atoms with E-state index in [1.165, 1.54) is 44.9 Å². The number of rotatable bonds is 46. The number of carbonyl (C=O) groups excluding carboxylic acids is 2. The Balaban J connectivity index is 4.32. The first-order chi connectivity index (χ1) is 32.0. The highest BCUT2D eigenvalue weighted by molar-refractivity contribution is 7.45. The number of phosphoric ester groups is 1. The van der Waals surface area contributed by atoms with Crippen LogP contribution in [-0.4, -0.2) is 70.0 Å². The fourth-order valence-corrected chi connectivity index (χ4v) is 7.30. The van der Waals surface area contributed by atoms with E-state index in [1.807, 2.05) is 21.1 Å². The molecule has 66 heavy (non-hydrogen) atoms. The first-order valence-corrected chi connectivity index (χ1v) is 27.4. The van der Waals surface area contributed by atoms with Gasteiger partial charge in [-0.15, -0.1) is 0 Å². The van der Waals surface area contributed by atoms with Gasteiger partial charge in [0.25, 0.3) is 7.82 Å². The highest BCUT2D eigenvalue weighted by Gasteiger charge is 2.21. The Hall–Kier alpha value is -3.07. The minimum Gasteiger partial charge on any atom is -0.756 e. The van der Waals surface area contributed by atoms with Crippen LogP contribution < -0.4 is 4.89 Å². The number of quaternary nitrogens is 1. The number of unbranched alkanes of at least 4 members (excludes halogenated alkanes) is 16. The van der Waals surface area contributed by atoms with Crippen molar-refractivity contribution in [3.05, 3.63) is 97.2 Å². The van der Waals surface area contributed by atoms with Gasteiger partial charge in [-0.3, -0.25) is 14.2 Å². The van der Waals surface area contributed by atoms with Gasteiger partial charge in [-0.1, -0.05) is 182 Å². The minimum atomic E-state index is -4.65. The molecule has 0 aromatic carbocycles. The molecule has 0 aromatic heterocycles. The minimum absolute atomic E-state index is 0.0410. The number of carbonyl (C=O) groups is 2. The zero-order valence-corrected chi connectivity index (χ0v) is 43.5. The molecule has 378 valence electrons. The molecule has 0 bridgehead atoms. The van der Waals surface area contributed by atoms with Crippen LogP contribution in [0.25, 0.3) is 0 Å². The van der Waals surface area contributed by atoms with Gasteiger partial charge >= 0.3 is 11.9 Å². The lowest BCUT2D eigenvalue weighted by atomic mass is 10.1. The molecule has 0 aliphatic heterocycles. The van der Waals surface area contributed by atoms with Gasteiger partial charge in [-0.2, -0.15) is 0 Å². The number of hydrogen-bond acceptors (Lipinski definition) is 8. The number of hydrogen-bond donors (Lipinski definition) is 0. The summed E-state index contributed by atoms with van der Waals surface area (Å²) in [6.45, 7) is 4.05. The van der Waals surface area contributed by atoms with Crippen LogP contribution in [0.4, 0.5) is 0 Å². The third kappa shape index (κ3) is 50.3. The van der Waals surface area contributed by atoms with Gasteiger partial charge in [0.2, 0.25) is 0 Å². The Labute approximate surface area is 404 Å². The van der Waals surface area contributed by atoms with Crippen LogP contribution in [0.2, 0.25) is 0 Å². The zero-order chi connectivity index (χ0) is 48.5. The van der Waals surface area contributed by atoms with Gasteiger partial charge in [0, 0.05) is 12.8 Å². The second-order valence-electron chi connectivity index (χ2n) is 18.1. The van der Waals surface area contributed by atoms with Gasteiger partial charge in [-0.25, -0.2) is 0 Å². The fourth-order valence-electron chi connectivity index (χ4n) is 6.57. The Morgan fingerprint density at radius 1 is 0.485 bits per heavy atom. The van der Waals surface area contributed by atoms with E-state index in [0.29, 0.717) is 23.9 Å². The van der Waals surface area contributed by atoms with Gasteiger partial charge in [-0.05, 0) is 96.3 Å². The molecule has 10 heteroatoms. The highest BCUT2D eigenvalue weighted by atomic mass is 31.2. The Morgan fingerprint density at radius 2 is 0.864 bits per heavy atom. The molecule has 2 unspecified atom stereocenters. The number of ether oxygens (including phenoxy) is 2. The molecule has 0 heterocycles. The van der Waals surface area contributed by atoms with Crippen molar-refractivity contribution >= 4 is 19.8 Å². The number of likely N-dealkylation sites (N-methyl/N-ethyl adjacent to an activating group) is 1. The van der Waals surface area contributed by atoms with Crippen LogP contribution in [0.3, 0.4) is 0 Å². The molecule has 0 spiro atoms. The summed E-state index contributed by atoms with van der Waals surface area (Å²) in [7, 11) is 1.13. The molecule has 0 aliphatic carbocycles. The third-order valence-electron chi connectivity index (χ3n) is 10.6. The molecule has 0 aliphatic rings. The maximum atomic E-state index is 12.8. The fraction of sp³-hybridized carbons (Fsp3) is 0.679. The van der Waals surface area contributed by atoms with E-state index in [1.54, 1.807) is 0 Å². The molecule has 9 nitrogen and oxygen atoms in total. The monoisotopic (exact) mass is 942 g/mol. The lowest BCUT2D eigenvalue weighted by molar-refractivity contribution is -0.870. The zero-order valence-electron chi connectivity index (χ0n) is 42.6. The normalized spacial score (nSPS) is 14.2. The summed E-state index contributed by atoms with van der Waals surface area (Å²) < 4.78 is 34.0. The SMILES string of the molecule is CC/C=C\C/C=C\C/C=C\C/C=C\C/C=C\CCCCCCCCCC(=O)OC(COC(=O)CCCCCCCC/C=C\C/C=C\C/C=C\CCCCC)COP(=O)([O-])OCC[N+](C)(C)C. The molecule has 0 saturated heterocycles. The summed E-state index contributed by atoms with van der Waals surface area (Å²) in [5.74, 6) is -0.868. The highest BCUT2D eigenvalue weighted by Crippen LogP contribution is 2.38. The standard InChI is InChI=1S/C56H96NO8P/c1-6-8-10-12-14-16-18-20-22-24-26-27-28-29-31-33-35-37-39-41-43-45-47-49-56(59)65-54(53-64-66(60,61)63-51-50-57(3,4)5)52-62-55(58)48-46-44-42-40-38-36-34-32-30-25-23-21-19-17-15-13-11-9-7-2/h8,10,14-17,20-23,26-27,29-32,54H,6-7,9,11-13,18-19,24-25,28,33-53H2,1-5H3/b10-8-,16-14-,17-15-,22-20-,23-21-,27-26-,31-29-,32-30-. The van der Waals surface area contributed by atoms with Crippen molar-refractivity contribution < 1.29 is 42.1 Å². The summed E-state index contributed by atoms with van der Waals surface area (Å²) in [5.41, 5.74) is 0. The predicted molar refractivity (Wildman–Crippen MR) is 277 cm³/mol. The molecule has 0 saturated carbocycles. The van der Waals surface area contributed by atoms with E-state index >= 15 is 0 Å². The first-order valence-electron chi connectivity index (χ1n) is 25.9. The van der Waals surface area contributed by atoms with Crippen LogP contribution in [0, 0.1) is 0 Å². The average molecular weight is 942 g/mol. The van der Waals surface area contributed by atoms with E-state index in [4.69, 9.17) is 18.5 Å². The van der Waals surface area contributed by atoms with E-state index in [9.17, 15) is 19.0 Å². The Bertz CT molecular complexity index is 1440. The van der Waals surface area contributed by atoms with Gasteiger partial charge in [0.15, 0.2) is 6.10 Å². The summed E-state index contributed by atoms with van der Waals surface area (Å²) in [5, 5.41) is 0. The average Bonchev–Trinajstić information content (AvgIpc) is 3.27. The van der Waals surface area contributed by atoms with Gasteiger partial charge in [0.1, 0.15) is 19.8 Å². The van der Waals surface area contributed by atoms with Crippen molar-refractivity contribution in [1.82, 2.24) is 0 Å². The maximum absolute atomic E-state index is 12.8. The van der Waals surface area contributed by atoms with Crippen LogP contribution in [0.15, 0.2) is 97.2 Å². The first kappa shape index (κ1) is 62.9. The van der Waals surface area contributed by atoms with Gasteiger partial charge < -0.3 is 27.9 Å². The Kier molecular flexibility index (Phi) is 44.8. The molecular formula is C56H96NO8P. The lowest BCUT2D eigenvalue weighted by Crippen LogP contribution is -2.37. The van der Waals surface area contributed by atoms with Crippen LogP contribution in [0.5, 0.6) is 0 Å². The number of esters is 2. The van der Waals surface area contributed by atoms with Crippen LogP contribution >= 0.6 is 7.82 Å². The second kappa shape index (κ2) is 47.0. The van der Waals surface area contributed by atoms with Gasteiger partial charge in [0.05, 0.1) is 27.7 Å². The number of allylic oxidation sites excluding steroid dienone is 16. The Morgan fingerprint density at radius 3 is 1.29 bits per heavy atom.